The molecule has 2 aromatic carbocycles. The molecule has 2 aromatic heterocycles. The number of anilines is 2. The largest absolute Gasteiger partial charge is 0.336 e. The third kappa shape index (κ3) is 4.88. The maximum Gasteiger partial charge on any atom is 0.295 e. The SMILES string of the molecule is O=S(=O)(O)c1ccccc1C(Nc1ccnnn1)=C(Nc1ccnnn1)c1ccccc1. The number of hydrogen-bond donors (Lipinski definition) is 3. The Labute approximate surface area is 183 Å². The van der Waals surface area contributed by atoms with Crippen LogP contribution >= 0.6 is 0 Å². The van der Waals surface area contributed by atoms with Crippen LogP contribution in [-0.2, 0) is 10.1 Å². The summed E-state index contributed by atoms with van der Waals surface area (Å²) in [5, 5.41) is 28.7. The Hall–Kier alpha value is -4.29. The Morgan fingerprint density at radius 1 is 0.719 bits per heavy atom. The van der Waals surface area contributed by atoms with Crippen LogP contribution in [0.5, 0.6) is 0 Å². The number of rotatable bonds is 7. The Balaban J connectivity index is 2.00. The van der Waals surface area contributed by atoms with E-state index in [0.29, 0.717) is 28.6 Å². The smallest absolute Gasteiger partial charge is 0.295 e. The van der Waals surface area contributed by atoms with Crippen LogP contribution in [0.1, 0.15) is 11.1 Å². The van der Waals surface area contributed by atoms with Crippen molar-refractivity contribution in [3.8, 4) is 0 Å². The van der Waals surface area contributed by atoms with Gasteiger partial charge in [-0.25, -0.2) is 0 Å². The first-order chi connectivity index (χ1) is 15.5. The highest BCUT2D eigenvalue weighted by atomic mass is 32.2. The van der Waals surface area contributed by atoms with Crippen LogP contribution in [0, 0.1) is 0 Å². The van der Waals surface area contributed by atoms with Crippen molar-refractivity contribution in [2.75, 3.05) is 10.6 Å². The quantitative estimate of drug-likeness (QED) is 0.282. The van der Waals surface area contributed by atoms with Crippen LogP contribution in [0.2, 0.25) is 0 Å². The predicted octanol–water partition coefficient (Wildman–Crippen LogP) is 2.35. The molecule has 4 rings (SSSR count). The molecule has 11 nitrogen and oxygen atoms in total. The second kappa shape index (κ2) is 9.24. The maximum atomic E-state index is 12.1. The highest BCUT2D eigenvalue weighted by Crippen LogP contribution is 2.31. The van der Waals surface area contributed by atoms with Crippen LogP contribution in [0.4, 0.5) is 11.6 Å². The lowest BCUT2D eigenvalue weighted by atomic mass is 10.0. The minimum absolute atomic E-state index is 0.196. The van der Waals surface area contributed by atoms with Crippen LogP contribution < -0.4 is 10.6 Å². The third-order valence-electron chi connectivity index (χ3n) is 4.26. The molecule has 0 fully saturated rings. The van der Waals surface area contributed by atoms with Crippen LogP contribution in [0.25, 0.3) is 11.4 Å². The van der Waals surface area contributed by atoms with Gasteiger partial charge >= 0.3 is 0 Å². The Kier molecular flexibility index (Phi) is 6.05. The summed E-state index contributed by atoms with van der Waals surface area (Å²) in [6.07, 6.45) is 2.90. The monoisotopic (exact) mass is 448 g/mol. The minimum atomic E-state index is -4.55. The predicted molar refractivity (Wildman–Crippen MR) is 116 cm³/mol. The fourth-order valence-corrected chi connectivity index (χ4v) is 3.62. The summed E-state index contributed by atoms with van der Waals surface area (Å²) in [7, 11) is -4.55. The first kappa shape index (κ1) is 21.0. The molecule has 0 radical (unpaired) electrons. The Bertz CT molecular complexity index is 1340. The molecule has 0 saturated heterocycles. The molecule has 0 unspecified atom stereocenters. The molecule has 0 aliphatic carbocycles. The van der Waals surface area contributed by atoms with Crippen molar-refractivity contribution < 1.29 is 13.0 Å². The van der Waals surface area contributed by atoms with Crippen molar-refractivity contribution in [1.29, 1.82) is 0 Å². The molecule has 0 saturated carbocycles. The highest BCUT2D eigenvalue weighted by Gasteiger charge is 2.22. The van der Waals surface area contributed by atoms with Gasteiger partial charge in [0, 0.05) is 23.3 Å². The summed E-state index contributed by atoms with van der Waals surface area (Å²) in [4.78, 5) is -0.291. The molecule has 3 N–H and O–H groups in total. The van der Waals surface area contributed by atoms with Gasteiger partial charge < -0.3 is 10.6 Å². The molecule has 32 heavy (non-hydrogen) atoms. The molecule has 12 heteroatoms. The average molecular weight is 448 g/mol. The molecular formula is C20H16N8O3S. The molecule has 0 aliphatic heterocycles. The van der Waals surface area contributed by atoms with E-state index in [0.717, 1.165) is 0 Å². The van der Waals surface area contributed by atoms with Gasteiger partial charge in [0.2, 0.25) is 0 Å². The second-order valence-corrected chi connectivity index (χ2v) is 7.74. The van der Waals surface area contributed by atoms with Gasteiger partial charge in [0.15, 0.2) is 11.6 Å². The van der Waals surface area contributed by atoms with E-state index >= 15 is 0 Å². The van der Waals surface area contributed by atoms with Gasteiger partial charge in [0.1, 0.15) is 4.90 Å². The van der Waals surface area contributed by atoms with Gasteiger partial charge in [-0.15, -0.1) is 20.4 Å². The Morgan fingerprint density at radius 2 is 1.28 bits per heavy atom. The summed E-state index contributed by atoms with van der Waals surface area (Å²) < 4.78 is 34.1. The molecule has 2 heterocycles. The van der Waals surface area contributed by atoms with E-state index in [1.54, 1.807) is 24.3 Å². The average Bonchev–Trinajstić information content (AvgIpc) is 2.83. The van der Waals surface area contributed by atoms with Crippen molar-refractivity contribution in [2.45, 2.75) is 4.90 Å². The summed E-state index contributed by atoms with van der Waals surface area (Å²) in [5.74, 6) is 0.666. The van der Waals surface area contributed by atoms with Crippen molar-refractivity contribution in [2.24, 2.45) is 0 Å². The van der Waals surface area contributed by atoms with E-state index in [9.17, 15) is 13.0 Å². The molecule has 0 aliphatic rings. The summed E-state index contributed by atoms with van der Waals surface area (Å²) in [5.41, 5.74) is 1.63. The van der Waals surface area contributed by atoms with Gasteiger partial charge in [-0.3, -0.25) is 4.55 Å². The zero-order valence-corrected chi connectivity index (χ0v) is 17.2. The first-order valence-corrected chi connectivity index (χ1v) is 10.7. The number of benzene rings is 2. The van der Waals surface area contributed by atoms with Gasteiger partial charge in [-0.2, -0.15) is 8.42 Å². The number of nitrogens with one attached hydrogen (secondary N) is 2. The van der Waals surface area contributed by atoms with E-state index in [4.69, 9.17) is 0 Å². The molecule has 0 spiro atoms. The van der Waals surface area contributed by atoms with Gasteiger partial charge in [0.05, 0.1) is 23.8 Å². The second-order valence-electron chi connectivity index (χ2n) is 6.35. The van der Waals surface area contributed by atoms with E-state index in [1.165, 1.54) is 24.5 Å². The minimum Gasteiger partial charge on any atom is -0.336 e. The van der Waals surface area contributed by atoms with Crippen molar-refractivity contribution in [3.05, 3.63) is 90.3 Å². The van der Waals surface area contributed by atoms with E-state index in [-0.39, 0.29) is 10.5 Å². The summed E-state index contributed by atoms with van der Waals surface area (Å²) in [6.45, 7) is 0. The first-order valence-electron chi connectivity index (χ1n) is 9.22. The Morgan fingerprint density at radius 3 is 1.84 bits per heavy atom. The highest BCUT2D eigenvalue weighted by molar-refractivity contribution is 7.86. The van der Waals surface area contributed by atoms with E-state index in [2.05, 4.69) is 41.5 Å². The van der Waals surface area contributed by atoms with Crippen molar-refractivity contribution in [3.63, 3.8) is 0 Å². The molecule has 0 amide bonds. The topological polar surface area (TPSA) is 156 Å². The van der Waals surface area contributed by atoms with E-state index < -0.39 is 10.1 Å². The molecule has 0 bridgehead atoms. The zero-order valence-electron chi connectivity index (χ0n) is 16.4. The molecule has 160 valence electrons. The van der Waals surface area contributed by atoms with Crippen molar-refractivity contribution in [1.82, 2.24) is 30.8 Å². The lowest BCUT2D eigenvalue weighted by Crippen LogP contribution is -2.14. The van der Waals surface area contributed by atoms with E-state index in [1.807, 2.05) is 30.3 Å². The number of hydrogen-bond acceptors (Lipinski definition) is 10. The van der Waals surface area contributed by atoms with Gasteiger partial charge in [-0.05, 0) is 16.5 Å². The van der Waals surface area contributed by atoms with Crippen LogP contribution in [0.3, 0.4) is 0 Å². The fourth-order valence-electron chi connectivity index (χ4n) is 2.92. The van der Waals surface area contributed by atoms with Crippen LogP contribution in [0.15, 0.2) is 84.0 Å². The summed E-state index contributed by atoms with van der Waals surface area (Å²) in [6, 6.07) is 18.4. The lowest BCUT2D eigenvalue weighted by molar-refractivity contribution is 0.483. The third-order valence-corrected chi connectivity index (χ3v) is 5.17. The maximum absolute atomic E-state index is 12.1. The number of nitrogens with zero attached hydrogens (tertiary/aromatic N) is 6. The van der Waals surface area contributed by atoms with Crippen LogP contribution in [-0.4, -0.2) is 43.8 Å². The summed E-state index contributed by atoms with van der Waals surface area (Å²) >= 11 is 0. The fraction of sp³-hybridized carbons (Fsp3) is 0. The van der Waals surface area contributed by atoms with Gasteiger partial charge in [-0.1, -0.05) is 48.5 Å². The standard InChI is InChI=1S/C20H16N8O3S/c29-32(30,31)16-9-5-4-8-15(16)20(24-18-11-13-22-28-26-18)19(14-6-2-1-3-7-14)23-17-10-12-21-27-25-17/h1-13H,(H,21,23,25)(H,22,24,26)(H,29,30,31). The lowest BCUT2D eigenvalue weighted by Gasteiger charge is -2.20. The van der Waals surface area contributed by atoms with Gasteiger partial charge in [0.25, 0.3) is 10.1 Å². The number of aromatic nitrogens is 6. The molecule has 4 aromatic rings. The molecule has 0 atom stereocenters. The van der Waals surface area contributed by atoms with Crippen molar-refractivity contribution >= 4 is 33.1 Å². The zero-order chi connectivity index (χ0) is 22.4. The molecular weight excluding hydrogens is 432 g/mol. The normalized spacial score (nSPS) is 12.0.